The van der Waals surface area contributed by atoms with Gasteiger partial charge in [0.2, 0.25) is 5.75 Å². The van der Waals surface area contributed by atoms with Crippen LogP contribution in [-0.2, 0) is 0 Å². The summed E-state index contributed by atoms with van der Waals surface area (Å²) in [5, 5.41) is 20.0. The minimum Gasteiger partial charge on any atom is -0.477 e. The lowest BCUT2D eigenvalue weighted by atomic mass is 10.2. The van der Waals surface area contributed by atoms with Crippen molar-refractivity contribution in [3.8, 4) is 11.5 Å². The Balaban J connectivity index is 2.51. The smallest absolute Gasteiger partial charge is 0.342 e. The molecule has 0 aliphatic heterocycles. The molecule has 108 valence electrons. The maximum atomic E-state index is 13.5. The van der Waals surface area contributed by atoms with Crippen LogP contribution < -0.4 is 4.74 Å². The number of rotatable bonds is 4. The molecule has 0 heterocycles. The molecule has 0 bridgehead atoms. The molecule has 0 saturated heterocycles. The lowest BCUT2D eigenvalue weighted by Crippen LogP contribution is -2.04. The monoisotopic (exact) mass is 291 g/mol. The first kappa shape index (κ1) is 14.4. The molecule has 0 fully saturated rings. The number of carbonyl (C=O) groups is 1. The average Bonchev–Trinajstić information content (AvgIpc) is 2.40. The van der Waals surface area contributed by atoms with Crippen molar-refractivity contribution in [3.63, 3.8) is 0 Å². The van der Waals surface area contributed by atoms with Crippen LogP contribution in [-0.4, -0.2) is 16.0 Å². The number of hydrogen-bond acceptors (Lipinski definition) is 4. The second-order valence-electron chi connectivity index (χ2n) is 4.25. The van der Waals surface area contributed by atoms with Crippen LogP contribution in [0.5, 0.6) is 11.5 Å². The molecular formula is C14H10FNO5. The first-order valence-electron chi connectivity index (χ1n) is 5.85. The van der Waals surface area contributed by atoms with Gasteiger partial charge in [0.15, 0.2) is 0 Å². The van der Waals surface area contributed by atoms with E-state index >= 15 is 0 Å². The Hall–Kier alpha value is -2.96. The number of hydrogen-bond donors (Lipinski definition) is 1. The second kappa shape index (κ2) is 5.58. The van der Waals surface area contributed by atoms with E-state index in [1.54, 1.807) is 13.0 Å². The van der Waals surface area contributed by atoms with Gasteiger partial charge < -0.3 is 9.84 Å². The molecule has 0 radical (unpaired) electrons. The molecule has 0 amide bonds. The molecule has 21 heavy (non-hydrogen) atoms. The number of aromatic carboxylic acids is 1. The predicted molar refractivity (Wildman–Crippen MR) is 71.3 cm³/mol. The highest BCUT2D eigenvalue weighted by Gasteiger charge is 2.21. The number of ether oxygens (including phenoxy) is 1. The summed E-state index contributed by atoms with van der Waals surface area (Å²) in [5.41, 5.74) is -0.352. The van der Waals surface area contributed by atoms with E-state index in [0.717, 1.165) is 6.07 Å². The lowest BCUT2D eigenvalue weighted by Gasteiger charge is -2.09. The molecule has 0 atom stereocenters. The van der Waals surface area contributed by atoms with Gasteiger partial charge in [-0.05, 0) is 30.7 Å². The van der Waals surface area contributed by atoms with E-state index in [9.17, 15) is 19.3 Å². The van der Waals surface area contributed by atoms with E-state index < -0.39 is 22.3 Å². The lowest BCUT2D eigenvalue weighted by molar-refractivity contribution is -0.385. The number of nitrogens with zero attached hydrogens (tertiary/aromatic N) is 1. The SMILES string of the molecule is Cc1ccc(Oc2cccc(F)c2C(=O)O)c([N+](=O)[O-])c1. The van der Waals surface area contributed by atoms with Gasteiger partial charge in [-0.2, -0.15) is 0 Å². The fourth-order valence-corrected chi connectivity index (χ4v) is 1.77. The van der Waals surface area contributed by atoms with Gasteiger partial charge in [0.05, 0.1) is 4.92 Å². The van der Waals surface area contributed by atoms with Crippen LogP contribution in [0.25, 0.3) is 0 Å². The van der Waals surface area contributed by atoms with Crippen LogP contribution >= 0.6 is 0 Å². The number of nitro groups is 1. The van der Waals surface area contributed by atoms with E-state index in [0.29, 0.717) is 5.56 Å². The maximum absolute atomic E-state index is 13.5. The maximum Gasteiger partial charge on any atom is 0.342 e. The fraction of sp³-hybridized carbons (Fsp3) is 0.0714. The second-order valence-corrected chi connectivity index (χ2v) is 4.25. The Morgan fingerprint density at radius 3 is 2.62 bits per heavy atom. The predicted octanol–water partition coefficient (Wildman–Crippen LogP) is 3.53. The quantitative estimate of drug-likeness (QED) is 0.687. The van der Waals surface area contributed by atoms with E-state index in [-0.39, 0.29) is 17.2 Å². The minimum atomic E-state index is -1.52. The number of carboxylic acid groups (broad SMARTS) is 1. The number of carboxylic acids is 1. The Bertz CT molecular complexity index is 729. The summed E-state index contributed by atoms with van der Waals surface area (Å²) in [5.74, 6) is -2.94. The van der Waals surface area contributed by atoms with Crippen molar-refractivity contribution in [1.82, 2.24) is 0 Å². The van der Waals surface area contributed by atoms with E-state index in [2.05, 4.69) is 0 Å². The van der Waals surface area contributed by atoms with Crippen molar-refractivity contribution >= 4 is 11.7 Å². The number of aryl methyl sites for hydroxylation is 1. The molecule has 2 rings (SSSR count). The molecule has 1 N–H and O–H groups in total. The van der Waals surface area contributed by atoms with Gasteiger partial charge >= 0.3 is 11.7 Å². The molecule has 0 aliphatic carbocycles. The summed E-state index contributed by atoms with van der Waals surface area (Å²) < 4.78 is 18.8. The Labute approximate surface area is 118 Å². The Kier molecular flexibility index (Phi) is 3.84. The van der Waals surface area contributed by atoms with E-state index in [1.165, 1.54) is 24.3 Å². The molecule has 7 heteroatoms. The summed E-state index contributed by atoms with van der Waals surface area (Å²) >= 11 is 0. The van der Waals surface area contributed by atoms with Crippen molar-refractivity contribution in [2.24, 2.45) is 0 Å². The third-order valence-electron chi connectivity index (χ3n) is 2.72. The molecule has 2 aromatic carbocycles. The molecule has 2 aromatic rings. The van der Waals surface area contributed by atoms with Crippen LogP contribution in [0.4, 0.5) is 10.1 Å². The van der Waals surface area contributed by atoms with Gasteiger partial charge in [0.25, 0.3) is 0 Å². The average molecular weight is 291 g/mol. The van der Waals surface area contributed by atoms with Gasteiger partial charge in [-0.25, -0.2) is 9.18 Å². The summed E-state index contributed by atoms with van der Waals surface area (Å²) in [4.78, 5) is 21.4. The van der Waals surface area contributed by atoms with Crippen LogP contribution in [0.2, 0.25) is 0 Å². The standard InChI is InChI=1S/C14H10FNO5/c1-8-5-6-11(10(7-8)16(19)20)21-12-4-2-3-9(15)13(12)14(17)18/h2-7H,1H3,(H,17,18). The summed E-state index contributed by atoms with van der Waals surface area (Å²) in [6.07, 6.45) is 0. The highest BCUT2D eigenvalue weighted by atomic mass is 19.1. The minimum absolute atomic E-state index is 0.154. The highest BCUT2D eigenvalue weighted by molar-refractivity contribution is 5.91. The molecule has 0 aromatic heterocycles. The first-order chi connectivity index (χ1) is 9.90. The van der Waals surface area contributed by atoms with Crippen molar-refractivity contribution in [1.29, 1.82) is 0 Å². The summed E-state index contributed by atoms with van der Waals surface area (Å²) in [6.45, 7) is 1.67. The molecule has 6 nitrogen and oxygen atoms in total. The molecular weight excluding hydrogens is 281 g/mol. The third-order valence-corrected chi connectivity index (χ3v) is 2.72. The largest absolute Gasteiger partial charge is 0.477 e. The first-order valence-corrected chi connectivity index (χ1v) is 5.85. The fourth-order valence-electron chi connectivity index (χ4n) is 1.77. The molecule has 0 aliphatic rings. The van der Waals surface area contributed by atoms with Crippen molar-refractivity contribution in [3.05, 3.63) is 63.5 Å². The Morgan fingerprint density at radius 1 is 1.29 bits per heavy atom. The highest BCUT2D eigenvalue weighted by Crippen LogP contribution is 2.34. The van der Waals surface area contributed by atoms with Crippen LogP contribution in [0.1, 0.15) is 15.9 Å². The zero-order valence-electron chi connectivity index (χ0n) is 10.9. The van der Waals surface area contributed by atoms with Crippen molar-refractivity contribution in [2.45, 2.75) is 6.92 Å². The zero-order chi connectivity index (χ0) is 15.6. The number of nitro benzene ring substituents is 1. The van der Waals surface area contributed by atoms with E-state index in [1.807, 2.05) is 0 Å². The van der Waals surface area contributed by atoms with E-state index in [4.69, 9.17) is 9.84 Å². The molecule has 0 spiro atoms. The normalized spacial score (nSPS) is 10.2. The van der Waals surface area contributed by atoms with Gasteiger partial charge in [-0.3, -0.25) is 10.1 Å². The summed E-state index contributed by atoms with van der Waals surface area (Å²) in [7, 11) is 0. The van der Waals surface area contributed by atoms with Gasteiger partial charge in [-0.1, -0.05) is 12.1 Å². The molecule has 0 saturated carbocycles. The zero-order valence-corrected chi connectivity index (χ0v) is 10.9. The number of benzene rings is 2. The van der Waals surface area contributed by atoms with Crippen molar-refractivity contribution < 1.29 is 24.0 Å². The number of halogens is 1. The topological polar surface area (TPSA) is 89.7 Å². The van der Waals surface area contributed by atoms with Crippen LogP contribution in [0.15, 0.2) is 36.4 Å². The summed E-state index contributed by atoms with van der Waals surface area (Å²) in [6, 6.07) is 7.66. The van der Waals surface area contributed by atoms with Crippen molar-refractivity contribution in [2.75, 3.05) is 0 Å². The van der Waals surface area contributed by atoms with Gasteiger partial charge in [0, 0.05) is 6.07 Å². The Morgan fingerprint density at radius 2 is 2.00 bits per heavy atom. The van der Waals surface area contributed by atoms with Gasteiger partial charge in [-0.15, -0.1) is 0 Å². The molecule has 0 unspecified atom stereocenters. The van der Waals surface area contributed by atoms with Crippen LogP contribution in [0.3, 0.4) is 0 Å². The van der Waals surface area contributed by atoms with Crippen LogP contribution in [0, 0.1) is 22.9 Å². The third kappa shape index (κ3) is 2.97. The van der Waals surface area contributed by atoms with Gasteiger partial charge in [0.1, 0.15) is 17.1 Å².